The smallest absolute Gasteiger partial charge is 0.349 e. The second-order valence-corrected chi connectivity index (χ2v) is 7.03. The van der Waals surface area contributed by atoms with Gasteiger partial charge in [-0.15, -0.1) is 0 Å². The van der Waals surface area contributed by atoms with Crippen LogP contribution in [0.5, 0.6) is 5.75 Å². The Kier molecular flexibility index (Phi) is 7.43. The van der Waals surface area contributed by atoms with Crippen molar-refractivity contribution in [2.45, 2.75) is 32.6 Å². The van der Waals surface area contributed by atoms with Crippen LogP contribution in [0.3, 0.4) is 0 Å². The average Bonchev–Trinajstić information content (AvgIpc) is 2.72. The molecule has 7 heteroatoms. The summed E-state index contributed by atoms with van der Waals surface area (Å²) in [6, 6.07) is 8.90. The van der Waals surface area contributed by atoms with Crippen LogP contribution in [0.1, 0.15) is 47.4 Å². The Hall–Kier alpha value is -2.64. The van der Waals surface area contributed by atoms with Crippen LogP contribution in [0.2, 0.25) is 0 Å². The molecule has 29 heavy (non-hydrogen) atoms. The van der Waals surface area contributed by atoms with E-state index in [0.717, 1.165) is 25.9 Å². The van der Waals surface area contributed by atoms with Gasteiger partial charge in [-0.25, -0.2) is 4.79 Å². The lowest BCUT2D eigenvalue weighted by molar-refractivity contribution is 0.101. The molecule has 0 radical (unpaired) electrons. The van der Waals surface area contributed by atoms with Crippen LogP contribution < -0.4 is 21.0 Å². The first kappa shape index (κ1) is 21.1. The van der Waals surface area contributed by atoms with Gasteiger partial charge in [-0.3, -0.25) is 4.79 Å². The van der Waals surface area contributed by atoms with Crippen molar-refractivity contribution < 1.29 is 18.7 Å². The highest BCUT2D eigenvalue weighted by atomic mass is 16.5. The molecule has 0 aliphatic carbocycles. The minimum absolute atomic E-state index is 0.0154. The molecule has 2 heterocycles. The summed E-state index contributed by atoms with van der Waals surface area (Å²) < 4.78 is 16.5. The number of nitrogens with one attached hydrogen (secondary N) is 2. The first-order chi connectivity index (χ1) is 14.1. The third-order valence-corrected chi connectivity index (χ3v) is 4.92. The summed E-state index contributed by atoms with van der Waals surface area (Å²) in [6.07, 6.45) is 2.00. The van der Waals surface area contributed by atoms with E-state index in [1.54, 1.807) is 31.2 Å². The molecule has 7 nitrogen and oxygen atoms in total. The second-order valence-electron chi connectivity index (χ2n) is 7.03. The predicted molar refractivity (Wildman–Crippen MR) is 111 cm³/mol. The fraction of sp³-hybridized carbons (Fsp3) is 0.455. The Balaban J connectivity index is 1.75. The summed E-state index contributed by atoms with van der Waals surface area (Å²) >= 11 is 0. The molecule has 1 fully saturated rings. The van der Waals surface area contributed by atoms with Crippen LogP contribution in [0, 0.1) is 6.92 Å². The lowest BCUT2D eigenvalue weighted by Gasteiger charge is -2.22. The average molecular weight is 400 g/mol. The van der Waals surface area contributed by atoms with Gasteiger partial charge >= 0.3 is 5.63 Å². The minimum atomic E-state index is -0.613. The van der Waals surface area contributed by atoms with Gasteiger partial charge in [0.25, 0.3) is 5.91 Å². The van der Waals surface area contributed by atoms with Gasteiger partial charge in [0.05, 0.1) is 12.3 Å². The van der Waals surface area contributed by atoms with Crippen LogP contribution in [0.25, 0.3) is 0 Å². The predicted octanol–water partition coefficient (Wildman–Crippen LogP) is 3.08. The topological polar surface area (TPSA) is 89.8 Å². The number of amides is 1. The maximum absolute atomic E-state index is 12.8. The lowest BCUT2D eigenvalue weighted by Crippen LogP contribution is -2.30. The molecular weight excluding hydrogens is 372 g/mol. The Morgan fingerprint density at radius 1 is 1.31 bits per heavy atom. The molecule has 1 aliphatic heterocycles. The normalized spacial score (nSPS) is 16.4. The summed E-state index contributed by atoms with van der Waals surface area (Å²) in [5.41, 5.74) is 0.502. The maximum Gasteiger partial charge on any atom is 0.349 e. The van der Waals surface area contributed by atoms with Gasteiger partial charge in [0.2, 0.25) is 0 Å². The molecule has 1 aromatic carbocycles. The summed E-state index contributed by atoms with van der Waals surface area (Å²) in [7, 11) is 0. The van der Waals surface area contributed by atoms with Crippen molar-refractivity contribution in [1.82, 2.24) is 5.32 Å². The largest absolute Gasteiger partial charge is 0.489 e. The molecule has 1 aliphatic rings. The number of benzene rings is 1. The number of carbonyl (C=O) groups is 1. The van der Waals surface area contributed by atoms with Crippen LogP contribution in [0.4, 0.5) is 5.69 Å². The molecule has 1 aromatic heterocycles. The van der Waals surface area contributed by atoms with E-state index in [1.807, 2.05) is 13.0 Å². The number of hydrogen-bond donors (Lipinski definition) is 2. The van der Waals surface area contributed by atoms with E-state index in [1.165, 1.54) is 0 Å². The van der Waals surface area contributed by atoms with E-state index in [2.05, 4.69) is 10.6 Å². The molecule has 1 atom stereocenters. The highest BCUT2D eigenvalue weighted by Crippen LogP contribution is 2.26. The number of anilines is 1. The van der Waals surface area contributed by atoms with Gasteiger partial charge in [-0.1, -0.05) is 12.1 Å². The molecule has 1 amide bonds. The van der Waals surface area contributed by atoms with E-state index in [9.17, 15) is 9.59 Å². The van der Waals surface area contributed by atoms with E-state index >= 15 is 0 Å². The van der Waals surface area contributed by atoms with Crippen LogP contribution in [-0.4, -0.2) is 38.8 Å². The Morgan fingerprint density at radius 3 is 2.86 bits per heavy atom. The van der Waals surface area contributed by atoms with Gasteiger partial charge in [0, 0.05) is 19.1 Å². The molecule has 0 spiro atoms. The number of ether oxygens (including phenoxy) is 2. The van der Waals surface area contributed by atoms with Crippen molar-refractivity contribution in [2.24, 2.45) is 0 Å². The molecule has 2 N–H and O–H groups in total. The standard InChI is InChI=1S/C22H28N2O5/c1-3-27-11-12-28-18-9-5-4-8-17(18)24-21(25)20-15(2)13-19(29-22(20)26)16-7-6-10-23-14-16/h4-5,8-9,13,16,23H,3,6-7,10-12,14H2,1-2H3,(H,24,25). The number of carbonyl (C=O) groups excluding carboxylic acids is 1. The summed E-state index contributed by atoms with van der Waals surface area (Å²) in [6.45, 7) is 6.87. The number of hydrogen-bond acceptors (Lipinski definition) is 6. The molecule has 0 saturated carbocycles. The highest BCUT2D eigenvalue weighted by molar-refractivity contribution is 6.05. The summed E-state index contributed by atoms with van der Waals surface area (Å²) in [5.74, 6) is 0.806. The Morgan fingerprint density at radius 2 is 2.14 bits per heavy atom. The SMILES string of the molecule is CCOCCOc1ccccc1NC(=O)c1c(C)cc(C2CCCNC2)oc1=O. The Labute approximate surface area is 170 Å². The highest BCUT2D eigenvalue weighted by Gasteiger charge is 2.23. The van der Waals surface area contributed by atoms with E-state index in [4.69, 9.17) is 13.9 Å². The third-order valence-electron chi connectivity index (χ3n) is 4.92. The van der Waals surface area contributed by atoms with E-state index in [0.29, 0.717) is 42.6 Å². The van der Waals surface area contributed by atoms with Gasteiger partial charge in [-0.05, 0) is 57.0 Å². The van der Waals surface area contributed by atoms with Crippen molar-refractivity contribution in [2.75, 3.05) is 38.2 Å². The summed E-state index contributed by atoms with van der Waals surface area (Å²) in [4.78, 5) is 25.4. The van der Waals surface area contributed by atoms with E-state index < -0.39 is 11.5 Å². The van der Waals surface area contributed by atoms with Gasteiger partial charge in [-0.2, -0.15) is 0 Å². The number of rotatable bonds is 8. The molecular formula is C22H28N2O5. The summed E-state index contributed by atoms with van der Waals surface area (Å²) in [5, 5.41) is 6.08. The molecule has 156 valence electrons. The lowest BCUT2D eigenvalue weighted by atomic mass is 9.95. The molecule has 0 bridgehead atoms. The fourth-order valence-corrected chi connectivity index (χ4v) is 3.44. The zero-order chi connectivity index (χ0) is 20.6. The molecule has 1 saturated heterocycles. The van der Waals surface area contributed by atoms with Crippen LogP contribution in [0.15, 0.2) is 39.5 Å². The molecule has 2 aromatic rings. The molecule has 3 rings (SSSR count). The first-order valence-electron chi connectivity index (χ1n) is 10.1. The zero-order valence-corrected chi connectivity index (χ0v) is 17.0. The monoisotopic (exact) mass is 400 g/mol. The van der Waals surface area contributed by atoms with Crippen LogP contribution in [-0.2, 0) is 4.74 Å². The van der Waals surface area contributed by atoms with Crippen molar-refractivity contribution in [3.05, 3.63) is 57.6 Å². The van der Waals surface area contributed by atoms with Crippen molar-refractivity contribution >= 4 is 11.6 Å². The first-order valence-corrected chi connectivity index (χ1v) is 10.1. The zero-order valence-electron chi connectivity index (χ0n) is 17.0. The fourth-order valence-electron chi connectivity index (χ4n) is 3.44. The van der Waals surface area contributed by atoms with Gasteiger partial charge in [0.1, 0.15) is 23.7 Å². The van der Waals surface area contributed by atoms with Gasteiger partial charge < -0.3 is 24.5 Å². The number of aryl methyl sites for hydroxylation is 1. The third kappa shape index (κ3) is 5.46. The second kappa shape index (κ2) is 10.2. The van der Waals surface area contributed by atoms with Crippen LogP contribution >= 0.6 is 0 Å². The molecule has 1 unspecified atom stereocenters. The minimum Gasteiger partial charge on any atom is -0.489 e. The quantitative estimate of drug-likeness (QED) is 0.662. The van der Waals surface area contributed by atoms with Crippen molar-refractivity contribution in [1.29, 1.82) is 0 Å². The van der Waals surface area contributed by atoms with Gasteiger partial charge in [0.15, 0.2) is 0 Å². The number of para-hydroxylation sites is 2. The van der Waals surface area contributed by atoms with Crippen molar-refractivity contribution in [3.8, 4) is 5.75 Å². The van der Waals surface area contributed by atoms with E-state index in [-0.39, 0.29) is 11.5 Å². The number of piperidine rings is 1. The Bertz CT molecular complexity index is 887. The maximum atomic E-state index is 12.8. The van der Waals surface area contributed by atoms with Crippen molar-refractivity contribution in [3.63, 3.8) is 0 Å².